The van der Waals surface area contributed by atoms with Gasteiger partial charge in [0.05, 0.1) is 22.9 Å². The van der Waals surface area contributed by atoms with Gasteiger partial charge in [-0.25, -0.2) is 0 Å². The number of hydrogen-bond donors (Lipinski definition) is 1. The number of rotatable bonds is 3. The van der Waals surface area contributed by atoms with Crippen molar-refractivity contribution in [1.82, 2.24) is 5.32 Å². The third-order valence-electron chi connectivity index (χ3n) is 3.62. The molecule has 0 spiro atoms. The van der Waals surface area contributed by atoms with Crippen molar-refractivity contribution in [3.63, 3.8) is 0 Å². The summed E-state index contributed by atoms with van der Waals surface area (Å²) in [5, 5.41) is 4.37. The third-order valence-corrected chi connectivity index (χ3v) is 3.92. The minimum absolute atomic E-state index is 0.0885. The van der Waals surface area contributed by atoms with Gasteiger partial charge in [0, 0.05) is 25.2 Å². The molecule has 0 amide bonds. The van der Waals surface area contributed by atoms with Crippen LogP contribution in [0.3, 0.4) is 0 Å². The second-order valence-electron chi connectivity index (χ2n) is 7.01. The zero-order valence-electron chi connectivity index (χ0n) is 13.7. The number of halogens is 1. The third kappa shape index (κ3) is 4.60. The van der Waals surface area contributed by atoms with Crippen molar-refractivity contribution in [1.29, 1.82) is 0 Å². The molecule has 1 aromatic carbocycles. The number of nitrogens with one attached hydrogen (secondary N) is 1. The van der Waals surface area contributed by atoms with Crippen LogP contribution in [0, 0.1) is 0 Å². The van der Waals surface area contributed by atoms with Crippen LogP contribution in [0.5, 0.6) is 0 Å². The fourth-order valence-electron chi connectivity index (χ4n) is 2.78. The van der Waals surface area contributed by atoms with Crippen molar-refractivity contribution in [2.45, 2.75) is 58.9 Å². The van der Waals surface area contributed by atoms with Gasteiger partial charge in [-0.2, -0.15) is 0 Å². The monoisotopic (exact) mass is 310 g/mol. The van der Waals surface area contributed by atoms with Crippen LogP contribution in [-0.2, 0) is 11.3 Å². The van der Waals surface area contributed by atoms with Gasteiger partial charge >= 0.3 is 0 Å². The van der Waals surface area contributed by atoms with E-state index in [1.165, 1.54) is 5.56 Å². The van der Waals surface area contributed by atoms with Crippen LogP contribution in [0.25, 0.3) is 0 Å². The predicted molar refractivity (Wildman–Crippen MR) is 90.3 cm³/mol. The molecule has 0 saturated carbocycles. The standard InChI is InChI=1S/C17H27ClN2O/c1-12-10-20(11-13(2)21-12)16-14(7-6-8-15(16)18)9-19-17(3,4)5/h6-8,12-13,19H,9-11H2,1-5H3. The summed E-state index contributed by atoms with van der Waals surface area (Å²) in [4.78, 5) is 2.36. The Labute approximate surface area is 133 Å². The Morgan fingerprint density at radius 1 is 1.24 bits per heavy atom. The summed E-state index contributed by atoms with van der Waals surface area (Å²) in [6.45, 7) is 13.4. The smallest absolute Gasteiger partial charge is 0.0726 e. The Hall–Kier alpha value is -0.770. The zero-order chi connectivity index (χ0) is 15.6. The average Bonchev–Trinajstić information content (AvgIpc) is 2.34. The van der Waals surface area contributed by atoms with Gasteiger partial charge in [0.15, 0.2) is 0 Å². The number of morpholine rings is 1. The maximum absolute atomic E-state index is 6.50. The summed E-state index contributed by atoms with van der Waals surface area (Å²) in [7, 11) is 0. The minimum atomic E-state index is 0.0885. The molecule has 118 valence electrons. The van der Waals surface area contributed by atoms with Gasteiger partial charge < -0.3 is 15.0 Å². The van der Waals surface area contributed by atoms with Gasteiger partial charge in [0.25, 0.3) is 0 Å². The van der Waals surface area contributed by atoms with Gasteiger partial charge in [-0.05, 0) is 46.2 Å². The number of ether oxygens (including phenoxy) is 1. The van der Waals surface area contributed by atoms with E-state index >= 15 is 0 Å². The Kier molecular flexibility index (Phi) is 5.18. The van der Waals surface area contributed by atoms with E-state index in [1.807, 2.05) is 12.1 Å². The molecule has 2 unspecified atom stereocenters. The molecule has 1 aliphatic heterocycles. The quantitative estimate of drug-likeness (QED) is 0.918. The highest BCUT2D eigenvalue weighted by Gasteiger charge is 2.25. The van der Waals surface area contributed by atoms with Crippen LogP contribution in [0.4, 0.5) is 5.69 Å². The Balaban J connectivity index is 2.25. The highest BCUT2D eigenvalue weighted by molar-refractivity contribution is 6.33. The molecule has 0 bridgehead atoms. The molecule has 1 heterocycles. The first-order valence-corrected chi connectivity index (χ1v) is 8.07. The number of benzene rings is 1. The SMILES string of the molecule is CC1CN(c2c(Cl)cccc2CNC(C)(C)C)CC(C)O1. The van der Waals surface area contributed by atoms with Crippen molar-refractivity contribution >= 4 is 17.3 Å². The fourth-order valence-corrected chi connectivity index (χ4v) is 3.09. The van der Waals surface area contributed by atoms with Crippen LogP contribution >= 0.6 is 11.6 Å². The van der Waals surface area contributed by atoms with Crippen molar-refractivity contribution in [2.24, 2.45) is 0 Å². The molecule has 1 aromatic rings. The van der Waals surface area contributed by atoms with Crippen LogP contribution in [0.1, 0.15) is 40.2 Å². The van der Waals surface area contributed by atoms with Gasteiger partial charge in [-0.3, -0.25) is 0 Å². The van der Waals surface area contributed by atoms with Crippen LogP contribution in [0.2, 0.25) is 5.02 Å². The molecular formula is C17H27ClN2O. The van der Waals surface area contributed by atoms with E-state index in [9.17, 15) is 0 Å². The first-order valence-electron chi connectivity index (χ1n) is 7.69. The normalized spacial score (nSPS) is 23.4. The van der Waals surface area contributed by atoms with Crippen molar-refractivity contribution in [2.75, 3.05) is 18.0 Å². The van der Waals surface area contributed by atoms with E-state index in [0.717, 1.165) is 30.3 Å². The van der Waals surface area contributed by atoms with Crippen LogP contribution < -0.4 is 10.2 Å². The minimum Gasteiger partial charge on any atom is -0.372 e. The van der Waals surface area contributed by atoms with Crippen LogP contribution in [0.15, 0.2) is 18.2 Å². The van der Waals surface area contributed by atoms with Gasteiger partial charge in [0.1, 0.15) is 0 Å². The molecule has 0 aliphatic carbocycles. The highest BCUT2D eigenvalue weighted by atomic mass is 35.5. The topological polar surface area (TPSA) is 24.5 Å². The lowest BCUT2D eigenvalue weighted by atomic mass is 10.1. The molecule has 3 nitrogen and oxygen atoms in total. The first-order chi connectivity index (χ1) is 9.76. The van der Waals surface area contributed by atoms with Crippen molar-refractivity contribution in [3.05, 3.63) is 28.8 Å². The summed E-state index contributed by atoms with van der Waals surface area (Å²) in [6.07, 6.45) is 0.460. The molecule has 0 aromatic heterocycles. The summed E-state index contributed by atoms with van der Waals surface area (Å²) < 4.78 is 5.83. The van der Waals surface area contributed by atoms with Gasteiger partial charge in [-0.1, -0.05) is 23.7 Å². The average molecular weight is 311 g/mol. The molecular weight excluding hydrogens is 284 g/mol. The molecule has 2 rings (SSSR count). The Bertz CT molecular complexity index is 474. The molecule has 2 atom stereocenters. The highest BCUT2D eigenvalue weighted by Crippen LogP contribution is 2.32. The lowest BCUT2D eigenvalue weighted by molar-refractivity contribution is -0.00526. The molecule has 0 radical (unpaired) electrons. The van der Waals surface area contributed by atoms with E-state index in [1.54, 1.807) is 0 Å². The fraction of sp³-hybridized carbons (Fsp3) is 0.647. The molecule has 4 heteroatoms. The molecule has 21 heavy (non-hydrogen) atoms. The Morgan fingerprint density at radius 3 is 2.43 bits per heavy atom. The Morgan fingerprint density at radius 2 is 1.86 bits per heavy atom. The first kappa shape index (κ1) is 16.6. The largest absolute Gasteiger partial charge is 0.372 e. The summed E-state index contributed by atoms with van der Waals surface area (Å²) in [5.41, 5.74) is 2.49. The number of nitrogens with zero attached hydrogens (tertiary/aromatic N) is 1. The van der Waals surface area contributed by atoms with Gasteiger partial charge in [0.2, 0.25) is 0 Å². The summed E-state index contributed by atoms with van der Waals surface area (Å²) in [6, 6.07) is 6.16. The predicted octanol–water partition coefficient (Wildman–Crippen LogP) is 3.84. The summed E-state index contributed by atoms with van der Waals surface area (Å²) >= 11 is 6.50. The van der Waals surface area contributed by atoms with E-state index in [0.29, 0.717) is 0 Å². The number of anilines is 1. The van der Waals surface area contributed by atoms with E-state index < -0.39 is 0 Å². The van der Waals surface area contributed by atoms with Gasteiger partial charge in [-0.15, -0.1) is 0 Å². The second kappa shape index (κ2) is 6.55. The zero-order valence-corrected chi connectivity index (χ0v) is 14.5. The maximum Gasteiger partial charge on any atom is 0.0726 e. The second-order valence-corrected chi connectivity index (χ2v) is 7.42. The molecule has 1 fully saturated rings. The molecule has 1 aliphatic rings. The van der Waals surface area contributed by atoms with Crippen LogP contribution in [-0.4, -0.2) is 30.8 Å². The van der Waals surface area contributed by atoms with Crippen molar-refractivity contribution < 1.29 is 4.74 Å². The van der Waals surface area contributed by atoms with E-state index in [-0.39, 0.29) is 17.7 Å². The number of hydrogen-bond acceptors (Lipinski definition) is 3. The molecule has 1 saturated heterocycles. The summed E-state index contributed by atoms with van der Waals surface area (Å²) in [5.74, 6) is 0. The molecule has 1 N–H and O–H groups in total. The van der Waals surface area contributed by atoms with E-state index in [4.69, 9.17) is 16.3 Å². The van der Waals surface area contributed by atoms with Crippen molar-refractivity contribution in [3.8, 4) is 0 Å². The lowest BCUT2D eigenvalue weighted by Crippen LogP contribution is -2.46. The van der Waals surface area contributed by atoms with E-state index in [2.05, 4.69) is 50.9 Å². The lowest BCUT2D eigenvalue weighted by Gasteiger charge is -2.38. The maximum atomic E-state index is 6.50. The number of para-hydroxylation sites is 1.